The fraction of sp³-hybridized carbons (Fsp3) is 0.0769. The molecule has 2 N–H and O–H groups in total. The summed E-state index contributed by atoms with van der Waals surface area (Å²) in [6.07, 6.45) is 5.34. The lowest BCUT2D eigenvalue weighted by Gasteiger charge is -2.06. The van der Waals surface area contributed by atoms with Gasteiger partial charge in [0.25, 0.3) is 0 Å². The van der Waals surface area contributed by atoms with Crippen molar-refractivity contribution in [3.63, 3.8) is 0 Å². The highest BCUT2D eigenvalue weighted by Gasteiger charge is 2.08. The Morgan fingerprint density at radius 2 is 2.16 bits per heavy atom. The SMILES string of the molecule is Nc1cn2ccnc2c(SCc2ccccc2Cl)n1. The number of nitrogens with two attached hydrogens (primary N) is 1. The highest BCUT2D eigenvalue weighted by molar-refractivity contribution is 7.98. The van der Waals surface area contributed by atoms with Gasteiger partial charge in [-0.3, -0.25) is 0 Å². The third kappa shape index (κ3) is 2.52. The van der Waals surface area contributed by atoms with E-state index in [-0.39, 0.29) is 0 Å². The average molecular weight is 291 g/mol. The van der Waals surface area contributed by atoms with Crippen LogP contribution >= 0.6 is 23.4 Å². The van der Waals surface area contributed by atoms with Crippen LogP contribution in [-0.2, 0) is 5.75 Å². The predicted octanol–water partition coefficient (Wildman–Crippen LogP) is 3.26. The number of hydrogen-bond donors (Lipinski definition) is 1. The van der Waals surface area contributed by atoms with Crippen molar-refractivity contribution >= 4 is 34.8 Å². The Balaban J connectivity index is 1.90. The maximum atomic E-state index is 6.14. The Bertz CT molecular complexity index is 725. The fourth-order valence-electron chi connectivity index (χ4n) is 1.78. The van der Waals surface area contributed by atoms with Crippen LogP contribution in [0, 0.1) is 0 Å². The maximum absolute atomic E-state index is 6.14. The number of hydrogen-bond acceptors (Lipinski definition) is 4. The molecule has 4 nitrogen and oxygen atoms in total. The molecule has 2 aromatic heterocycles. The molecule has 2 heterocycles. The second kappa shape index (κ2) is 5.11. The third-order valence-corrected chi connectivity index (χ3v) is 4.06. The molecule has 0 fully saturated rings. The number of nitrogens with zero attached hydrogens (tertiary/aromatic N) is 3. The molecule has 6 heteroatoms. The van der Waals surface area contributed by atoms with Gasteiger partial charge in [-0.2, -0.15) is 0 Å². The number of benzene rings is 1. The lowest BCUT2D eigenvalue weighted by atomic mass is 10.2. The first-order chi connectivity index (χ1) is 9.24. The molecule has 0 spiro atoms. The Labute approximate surface area is 119 Å². The smallest absolute Gasteiger partial charge is 0.169 e. The van der Waals surface area contributed by atoms with Gasteiger partial charge in [-0.15, -0.1) is 0 Å². The molecule has 0 radical (unpaired) electrons. The van der Waals surface area contributed by atoms with E-state index in [1.54, 1.807) is 24.2 Å². The zero-order valence-corrected chi connectivity index (χ0v) is 11.5. The minimum absolute atomic E-state index is 0.479. The molecule has 0 saturated heterocycles. The lowest BCUT2D eigenvalue weighted by molar-refractivity contribution is 1.04. The first-order valence-electron chi connectivity index (χ1n) is 5.69. The van der Waals surface area contributed by atoms with Gasteiger partial charge in [-0.1, -0.05) is 41.6 Å². The van der Waals surface area contributed by atoms with E-state index >= 15 is 0 Å². The van der Waals surface area contributed by atoms with Crippen LogP contribution in [0.25, 0.3) is 5.65 Å². The van der Waals surface area contributed by atoms with Crippen LogP contribution < -0.4 is 5.73 Å². The Morgan fingerprint density at radius 3 is 3.00 bits per heavy atom. The summed E-state index contributed by atoms with van der Waals surface area (Å²) < 4.78 is 1.87. The summed E-state index contributed by atoms with van der Waals surface area (Å²) in [4.78, 5) is 8.62. The zero-order chi connectivity index (χ0) is 13.2. The van der Waals surface area contributed by atoms with Crippen LogP contribution in [0.1, 0.15) is 5.56 Å². The first kappa shape index (κ1) is 12.3. The summed E-state index contributed by atoms with van der Waals surface area (Å²) >= 11 is 7.72. The maximum Gasteiger partial charge on any atom is 0.169 e. The van der Waals surface area contributed by atoms with Crippen LogP contribution in [0.2, 0.25) is 5.02 Å². The Hall–Kier alpha value is -1.72. The van der Waals surface area contributed by atoms with Crippen molar-refractivity contribution in [3.05, 3.63) is 53.4 Å². The summed E-state index contributed by atoms with van der Waals surface area (Å²) in [7, 11) is 0. The zero-order valence-electron chi connectivity index (χ0n) is 9.95. The normalized spacial score (nSPS) is 11.0. The second-order valence-corrected chi connectivity index (χ2v) is 5.38. The molecule has 1 aromatic carbocycles. The highest BCUT2D eigenvalue weighted by atomic mass is 35.5. The number of thioether (sulfide) groups is 1. The molecule has 19 heavy (non-hydrogen) atoms. The molecular weight excluding hydrogens is 280 g/mol. The molecule has 96 valence electrons. The standard InChI is InChI=1S/C13H11ClN4S/c14-10-4-2-1-3-9(10)8-19-13-12-16-5-6-18(12)7-11(15)17-13/h1-7H,8,15H2. The number of aromatic nitrogens is 3. The third-order valence-electron chi connectivity index (χ3n) is 2.68. The van der Waals surface area contributed by atoms with E-state index in [9.17, 15) is 0 Å². The number of nitrogen functional groups attached to an aromatic ring is 1. The molecular formula is C13H11ClN4S. The van der Waals surface area contributed by atoms with E-state index in [0.29, 0.717) is 5.82 Å². The van der Waals surface area contributed by atoms with Gasteiger partial charge in [-0.05, 0) is 11.6 Å². The average Bonchev–Trinajstić information content (AvgIpc) is 2.85. The van der Waals surface area contributed by atoms with Gasteiger partial charge >= 0.3 is 0 Å². The fourth-order valence-corrected chi connectivity index (χ4v) is 3.06. The molecule has 0 amide bonds. The summed E-state index contributed by atoms with van der Waals surface area (Å²) in [5.74, 6) is 1.21. The molecule has 0 aliphatic heterocycles. The van der Waals surface area contributed by atoms with E-state index in [2.05, 4.69) is 9.97 Å². The first-order valence-corrected chi connectivity index (χ1v) is 7.06. The van der Waals surface area contributed by atoms with Gasteiger partial charge in [-0.25, -0.2) is 9.97 Å². The molecule has 0 unspecified atom stereocenters. The summed E-state index contributed by atoms with van der Waals surface area (Å²) in [5.41, 5.74) is 7.67. The van der Waals surface area contributed by atoms with Crippen molar-refractivity contribution in [1.29, 1.82) is 0 Å². The molecule has 0 aliphatic carbocycles. The van der Waals surface area contributed by atoms with Crippen molar-refractivity contribution in [3.8, 4) is 0 Å². The van der Waals surface area contributed by atoms with Crippen LogP contribution in [0.15, 0.2) is 47.9 Å². The largest absolute Gasteiger partial charge is 0.382 e. The van der Waals surface area contributed by atoms with Gasteiger partial charge < -0.3 is 10.1 Å². The van der Waals surface area contributed by atoms with Gasteiger partial charge in [0, 0.05) is 23.2 Å². The highest BCUT2D eigenvalue weighted by Crippen LogP contribution is 2.28. The van der Waals surface area contributed by atoms with Crippen molar-refractivity contribution in [2.45, 2.75) is 10.8 Å². The van der Waals surface area contributed by atoms with Crippen LogP contribution in [0.3, 0.4) is 0 Å². The number of halogens is 1. The number of anilines is 1. The topological polar surface area (TPSA) is 56.2 Å². The summed E-state index contributed by atoms with van der Waals surface area (Å²) in [6.45, 7) is 0. The van der Waals surface area contributed by atoms with Crippen LogP contribution in [0.5, 0.6) is 0 Å². The van der Waals surface area contributed by atoms with Crippen LogP contribution in [-0.4, -0.2) is 14.4 Å². The predicted molar refractivity (Wildman–Crippen MR) is 78.4 cm³/mol. The Kier molecular flexibility index (Phi) is 3.31. The monoisotopic (exact) mass is 290 g/mol. The molecule has 3 aromatic rings. The van der Waals surface area contributed by atoms with E-state index in [4.69, 9.17) is 17.3 Å². The van der Waals surface area contributed by atoms with Crippen molar-refractivity contribution in [2.24, 2.45) is 0 Å². The van der Waals surface area contributed by atoms with Gasteiger partial charge in [0.1, 0.15) is 10.8 Å². The number of rotatable bonds is 3. The molecule has 3 rings (SSSR count). The minimum Gasteiger partial charge on any atom is -0.382 e. The van der Waals surface area contributed by atoms with Crippen molar-refractivity contribution < 1.29 is 0 Å². The van der Waals surface area contributed by atoms with E-state index in [1.165, 1.54) is 0 Å². The van der Waals surface area contributed by atoms with E-state index in [0.717, 1.165) is 27.0 Å². The molecule has 0 aliphatic rings. The van der Waals surface area contributed by atoms with Crippen molar-refractivity contribution in [2.75, 3.05) is 5.73 Å². The molecule has 0 saturated carbocycles. The van der Waals surface area contributed by atoms with Crippen molar-refractivity contribution in [1.82, 2.24) is 14.4 Å². The van der Waals surface area contributed by atoms with Crippen LogP contribution in [0.4, 0.5) is 5.82 Å². The second-order valence-electron chi connectivity index (χ2n) is 4.01. The molecule has 0 bridgehead atoms. The molecule has 0 atom stereocenters. The van der Waals surface area contributed by atoms with Gasteiger partial charge in [0.2, 0.25) is 0 Å². The quantitative estimate of drug-likeness (QED) is 0.752. The summed E-state index contributed by atoms with van der Waals surface area (Å²) in [6, 6.07) is 7.78. The lowest BCUT2D eigenvalue weighted by Crippen LogP contribution is -1.97. The summed E-state index contributed by atoms with van der Waals surface area (Å²) in [5, 5.41) is 1.57. The number of fused-ring (bicyclic) bond motifs is 1. The minimum atomic E-state index is 0.479. The van der Waals surface area contributed by atoms with Gasteiger partial charge in [0.15, 0.2) is 5.65 Å². The van der Waals surface area contributed by atoms with Gasteiger partial charge in [0.05, 0.1) is 6.20 Å². The Morgan fingerprint density at radius 1 is 1.32 bits per heavy atom. The van der Waals surface area contributed by atoms with E-state index in [1.807, 2.05) is 34.9 Å². The van der Waals surface area contributed by atoms with E-state index < -0.39 is 0 Å². The number of imidazole rings is 1.